The summed E-state index contributed by atoms with van der Waals surface area (Å²) >= 11 is 9.64. The second-order valence-corrected chi connectivity index (χ2v) is 7.47. The number of oxazole rings is 1. The van der Waals surface area contributed by atoms with E-state index < -0.39 is 0 Å². The van der Waals surface area contributed by atoms with Crippen molar-refractivity contribution in [2.45, 2.75) is 6.92 Å². The molecule has 0 radical (unpaired) electrons. The van der Waals surface area contributed by atoms with Crippen LogP contribution >= 0.6 is 27.5 Å². The fourth-order valence-corrected chi connectivity index (χ4v) is 3.30. The highest BCUT2D eigenvalue weighted by Crippen LogP contribution is 2.31. The van der Waals surface area contributed by atoms with Crippen molar-refractivity contribution in [3.63, 3.8) is 0 Å². The van der Waals surface area contributed by atoms with Gasteiger partial charge in [0.1, 0.15) is 5.52 Å². The number of amides is 1. The van der Waals surface area contributed by atoms with E-state index in [2.05, 4.69) is 26.2 Å². The molecule has 1 heterocycles. The third-order valence-electron chi connectivity index (χ3n) is 4.09. The van der Waals surface area contributed by atoms with E-state index in [4.69, 9.17) is 16.0 Å². The Balaban J connectivity index is 1.67. The van der Waals surface area contributed by atoms with E-state index in [9.17, 15) is 4.79 Å². The van der Waals surface area contributed by atoms with Crippen LogP contribution in [0, 0.1) is 6.92 Å². The molecule has 0 atom stereocenters. The summed E-state index contributed by atoms with van der Waals surface area (Å²) in [6, 6.07) is 18.3. The number of benzene rings is 3. The predicted octanol–water partition coefficient (Wildman–Crippen LogP) is 6.47. The molecule has 27 heavy (non-hydrogen) atoms. The largest absolute Gasteiger partial charge is 0.436 e. The van der Waals surface area contributed by atoms with Gasteiger partial charge < -0.3 is 9.73 Å². The van der Waals surface area contributed by atoms with Gasteiger partial charge >= 0.3 is 0 Å². The lowest BCUT2D eigenvalue weighted by Crippen LogP contribution is -2.12. The van der Waals surface area contributed by atoms with E-state index in [1.165, 1.54) is 0 Å². The quantitative estimate of drug-likeness (QED) is 0.396. The fourth-order valence-electron chi connectivity index (χ4n) is 2.74. The van der Waals surface area contributed by atoms with Crippen LogP contribution in [0.2, 0.25) is 5.02 Å². The lowest BCUT2D eigenvalue weighted by Gasteiger charge is -2.09. The van der Waals surface area contributed by atoms with Crippen LogP contribution in [-0.4, -0.2) is 10.9 Å². The molecule has 0 saturated carbocycles. The number of aromatic nitrogens is 1. The summed E-state index contributed by atoms with van der Waals surface area (Å²) in [5.74, 6) is 0.230. The standard InChI is InChI=1S/C21H14BrClN2O2/c1-12-5-8-19-18(9-12)25-21(27-19)14-6-7-16(23)17(11-14)24-20(26)13-3-2-4-15(22)10-13/h2-11H,1H3,(H,24,26). The summed E-state index contributed by atoms with van der Waals surface area (Å²) in [6.07, 6.45) is 0. The average molecular weight is 442 g/mol. The summed E-state index contributed by atoms with van der Waals surface area (Å²) in [7, 11) is 0. The number of hydrogen-bond donors (Lipinski definition) is 1. The normalized spacial score (nSPS) is 10.9. The van der Waals surface area contributed by atoms with E-state index in [0.717, 1.165) is 21.1 Å². The molecule has 0 spiro atoms. The van der Waals surface area contributed by atoms with Crippen LogP contribution in [0.1, 0.15) is 15.9 Å². The van der Waals surface area contributed by atoms with Crippen LogP contribution in [0.4, 0.5) is 5.69 Å². The third-order valence-corrected chi connectivity index (χ3v) is 4.91. The maximum absolute atomic E-state index is 12.5. The minimum Gasteiger partial charge on any atom is -0.436 e. The van der Waals surface area contributed by atoms with E-state index in [1.54, 1.807) is 30.3 Å². The molecular formula is C21H14BrClN2O2. The Morgan fingerprint density at radius 3 is 2.78 bits per heavy atom. The fraction of sp³-hybridized carbons (Fsp3) is 0.0476. The molecule has 0 fully saturated rings. The molecule has 1 aromatic heterocycles. The minimum atomic E-state index is -0.247. The van der Waals surface area contributed by atoms with Gasteiger partial charge in [-0.25, -0.2) is 4.98 Å². The Morgan fingerprint density at radius 2 is 1.96 bits per heavy atom. The Morgan fingerprint density at radius 1 is 1.11 bits per heavy atom. The smallest absolute Gasteiger partial charge is 0.255 e. The van der Waals surface area contributed by atoms with E-state index in [0.29, 0.717) is 27.7 Å². The topological polar surface area (TPSA) is 55.1 Å². The Kier molecular flexibility index (Phi) is 4.72. The molecule has 0 bridgehead atoms. The highest BCUT2D eigenvalue weighted by Gasteiger charge is 2.13. The van der Waals surface area contributed by atoms with Crippen molar-refractivity contribution in [3.8, 4) is 11.5 Å². The van der Waals surface area contributed by atoms with Gasteiger partial charge in [0.15, 0.2) is 5.58 Å². The van der Waals surface area contributed by atoms with Gasteiger partial charge in [-0.05, 0) is 61.0 Å². The van der Waals surface area contributed by atoms with Crippen LogP contribution in [0.5, 0.6) is 0 Å². The number of carbonyl (C=O) groups excluding carboxylic acids is 1. The molecule has 0 aliphatic rings. The van der Waals surface area contributed by atoms with Gasteiger partial charge in [-0.15, -0.1) is 0 Å². The van der Waals surface area contributed by atoms with Gasteiger partial charge in [0.05, 0.1) is 10.7 Å². The van der Waals surface area contributed by atoms with Gasteiger partial charge in [0, 0.05) is 15.6 Å². The Labute approximate surface area is 169 Å². The van der Waals surface area contributed by atoms with Crippen LogP contribution in [-0.2, 0) is 0 Å². The monoisotopic (exact) mass is 440 g/mol. The molecule has 4 nitrogen and oxygen atoms in total. The van der Waals surface area contributed by atoms with Gasteiger partial charge in [-0.2, -0.15) is 0 Å². The zero-order valence-corrected chi connectivity index (χ0v) is 16.6. The van der Waals surface area contributed by atoms with Crippen LogP contribution in [0.15, 0.2) is 69.6 Å². The van der Waals surface area contributed by atoms with Crippen molar-refractivity contribution in [1.82, 2.24) is 4.98 Å². The molecule has 3 aromatic carbocycles. The first-order valence-electron chi connectivity index (χ1n) is 8.23. The number of aryl methyl sites for hydroxylation is 1. The van der Waals surface area contributed by atoms with Crippen molar-refractivity contribution < 1.29 is 9.21 Å². The highest BCUT2D eigenvalue weighted by atomic mass is 79.9. The summed E-state index contributed by atoms with van der Waals surface area (Å²) in [4.78, 5) is 17.0. The highest BCUT2D eigenvalue weighted by molar-refractivity contribution is 9.10. The first kappa shape index (κ1) is 17.8. The van der Waals surface area contributed by atoms with E-state index >= 15 is 0 Å². The Bertz CT molecular complexity index is 1170. The van der Waals surface area contributed by atoms with Crippen molar-refractivity contribution in [2.24, 2.45) is 0 Å². The summed E-state index contributed by atoms with van der Waals surface area (Å²) in [5.41, 5.74) is 4.38. The van der Waals surface area contributed by atoms with Crippen molar-refractivity contribution in [2.75, 3.05) is 5.32 Å². The first-order chi connectivity index (χ1) is 13.0. The van der Waals surface area contributed by atoms with Gasteiger partial charge in [0.2, 0.25) is 5.89 Å². The lowest BCUT2D eigenvalue weighted by atomic mass is 10.1. The number of rotatable bonds is 3. The zero-order chi connectivity index (χ0) is 19.0. The van der Waals surface area contributed by atoms with Crippen LogP contribution < -0.4 is 5.32 Å². The molecule has 1 N–H and O–H groups in total. The SMILES string of the molecule is Cc1ccc2oc(-c3ccc(Cl)c(NC(=O)c4cccc(Br)c4)c3)nc2c1. The van der Waals surface area contributed by atoms with Crippen molar-refractivity contribution >= 4 is 50.2 Å². The number of anilines is 1. The van der Waals surface area contributed by atoms with Crippen molar-refractivity contribution in [1.29, 1.82) is 0 Å². The number of fused-ring (bicyclic) bond motifs is 1. The molecule has 134 valence electrons. The zero-order valence-electron chi connectivity index (χ0n) is 14.3. The molecule has 4 aromatic rings. The molecule has 0 aliphatic heterocycles. The molecular weight excluding hydrogens is 428 g/mol. The van der Waals surface area contributed by atoms with Crippen LogP contribution in [0.25, 0.3) is 22.6 Å². The molecule has 1 amide bonds. The maximum atomic E-state index is 12.5. The van der Waals surface area contributed by atoms with Crippen LogP contribution in [0.3, 0.4) is 0 Å². The van der Waals surface area contributed by atoms with Gasteiger partial charge in [-0.1, -0.05) is 39.7 Å². The molecule has 4 rings (SSSR count). The third kappa shape index (κ3) is 3.75. The van der Waals surface area contributed by atoms with Crippen molar-refractivity contribution in [3.05, 3.63) is 81.3 Å². The summed E-state index contributed by atoms with van der Waals surface area (Å²) in [5, 5.41) is 3.28. The number of hydrogen-bond acceptors (Lipinski definition) is 3. The second-order valence-electron chi connectivity index (χ2n) is 6.15. The van der Waals surface area contributed by atoms with Gasteiger partial charge in [0.25, 0.3) is 5.91 Å². The maximum Gasteiger partial charge on any atom is 0.255 e. The first-order valence-corrected chi connectivity index (χ1v) is 9.41. The second kappa shape index (κ2) is 7.18. The molecule has 0 aliphatic carbocycles. The van der Waals surface area contributed by atoms with E-state index in [-0.39, 0.29) is 5.91 Å². The predicted molar refractivity (Wildman–Crippen MR) is 111 cm³/mol. The number of nitrogens with one attached hydrogen (secondary N) is 1. The molecule has 0 unspecified atom stereocenters. The summed E-state index contributed by atoms with van der Waals surface area (Å²) < 4.78 is 6.67. The number of nitrogens with zero attached hydrogens (tertiary/aromatic N) is 1. The minimum absolute atomic E-state index is 0.247. The molecule has 6 heteroatoms. The van der Waals surface area contributed by atoms with Gasteiger partial charge in [-0.3, -0.25) is 4.79 Å². The summed E-state index contributed by atoms with van der Waals surface area (Å²) in [6.45, 7) is 2.01. The molecule has 0 saturated heterocycles. The Hall–Kier alpha value is -2.63. The average Bonchev–Trinajstić information content (AvgIpc) is 3.06. The van der Waals surface area contributed by atoms with E-state index in [1.807, 2.05) is 37.3 Å². The lowest BCUT2D eigenvalue weighted by molar-refractivity contribution is 0.102. The number of halogens is 2. The number of carbonyl (C=O) groups is 1.